The number of methoxy groups -OCH3 is 1. The molecule has 1 N–H and O–H groups in total. The maximum atomic E-state index is 13.0. The molecule has 1 aliphatic rings. The fourth-order valence-corrected chi connectivity index (χ4v) is 6.37. The van der Waals surface area contributed by atoms with Crippen molar-refractivity contribution in [1.29, 1.82) is 0 Å². The van der Waals surface area contributed by atoms with Gasteiger partial charge in [-0.2, -0.15) is 0 Å². The zero-order valence-corrected chi connectivity index (χ0v) is 23.5. The third-order valence-corrected chi connectivity index (χ3v) is 8.18. The number of rotatable bonds is 10. The van der Waals surface area contributed by atoms with E-state index in [1.54, 1.807) is 35.2 Å². The third-order valence-electron chi connectivity index (χ3n) is 5.38. The highest BCUT2D eigenvalue weighted by Gasteiger charge is 2.31. The van der Waals surface area contributed by atoms with Crippen molar-refractivity contribution in [3.63, 3.8) is 0 Å². The largest absolute Gasteiger partial charge is 0.493 e. The fraction of sp³-hybridized carbons (Fsp3) is 0.192. The summed E-state index contributed by atoms with van der Waals surface area (Å²) < 4.78 is 11.6. The van der Waals surface area contributed by atoms with Gasteiger partial charge < -0.3 is 14.6 Å². The number of amides is 1. The van der Waals surface area contributed by atoms with E-state index in [0.29, 0.717) is 55.9 Å². The molecule has 0 saturated carbocycles. The normalized spacial score (nSPS) is 14.5. The Bertz CT molecular complexity index is 1390. The minimum absolute atomic E-state index is 0.109. The second-order valence-corrected chi connectivity index (χ2v) is 11.4. The average molecular weight is 595 g/mol. The number of hydrogen-bond acceptors (Lipinski definition) is 7. The number of carbonyl (C=O) groups is 2. The molecule has 2 aromatic carbocycles. The second-order valence-electron chi connectivity index (χ2n) is 7.95. The molecule has 1 saturated heterocycles. The predicted octanol–water partition coefficient (Wildman–Crippen LogP) is 7.03. The highest BCUT2D eigenvalue weighted by Crippen LogP contribution is 2.37. The smallest absolute Gasteiger partial charge is 0.307 e. The number of halogens is 2. The van der Waals surface area contributed by atoms with Crippen molar-refractivity contribution < 1.29 is 24.2 Å². The highest BCUT2D eigenvalue weighted by atomic mass is 35.5. The van der Waals surface area contributed by atoms with E-state index in [0.717, 1.165) is 16.0 Å². The monoisotopic (exact) mass is 593 g/mol. The van der Waals surface area contributed by atoms with Gasteiger partial charge in [-0.3, -0.25) is 14.5 Å². The molecule has 37 heavy (non-hydrogen) atoms. The lowest BCUT2D eigenvalue weighted by Crippen LogP contribution is -2.29. The number of nitrogens with zero attached hydrogens (tertiary/aromatic N) is 1. The molecule has 0 aliphatic carbocycles. The summed E-state index contributed by atoms with van der Waals surface area (Å²) in [6.45, 7) is 0.703. The zero-order chi connectivity index (χ0) is 26.5. The van der Waals surface area contributed by atoms with Crippen LogP contribution in [0.3, 0.4) is 0 Å². The lowest BCUT2D eigenvalue weighted by atomic mass is 10.1. The van der Waals surface area contributed by atoms with Gasteiger partial charge in [0.2, 0.25) is 0 Å². The van der Waals surface area contributed by atoms with Gasteiger partial charge >= 0.3 is 5.97 Å². The fourth-order valence-electron chi connectivity index (χ4n) is 3.64. The summed E-state index contributed by atoms with van der Waals surface area (Å²) in [5.74, 6) is -0.0969. The van der Waals surface area contributed by atoms with Crippen LogP contribution in [0.1, 0.15) is 16.9 Å². The van der Waals surface area contributed by atoms with Gasteiger partial charge in [-0.1, -0.05) is 59.3 Å². The summed E-state index contributed by atoms with van der Waals surface area (Å²) in [5.41, 5.74) is 2.44. The molecule has 11 heteroatoms. The highest BCUT2D eigenvalue weighted by molar-refractivity contribution is 8.26. The average Bonchev–Trinajstić information content (AvgIpc) is 3.41. The number of carboxylic acid groups (broad SMARTS) is 1. The molecular formula is C26H21Cl2NO5S3. The van der Waals surface area contributed by atoms with Crippen LogP contribution in [-0.4, -0.2) is 46.5 Å². The Morgan fingerprint density at radius 1 is 1.16 bits per heavy atom. The zero-order valence-electron chi connectivity index (χ0n) is 19.5. The summed E-state index contributed by atoms with van der Waals surface area (Å²) in [7, 11) is 1.52. The quantitative estimate of drug-likeness (QED) is 0.154. The minimum Gasteiger partial charge on any atom is -0.493 e. The Hall–Kier alpha value is -2.56. The van der Waals surface area contributed by atoms with Crippen LogP contribution in [0.4, 0.5) is 0 Å². The van der Waals surface area contributed by atoms with E-state index >= 15 is 0 Å². The Balaban J connectivity index is 1.36. The van der Waals surface area contributed by atoms with Crippen LogP contribution in [-0.2, 0) is 16.0 Å². The number of thioether (sulfide) groups is 1. The number of thiocarbonyl (C=S) groups is 1. The second kappa shape index (κ2) is 12.3. The number of carboxylic acids is 1. The van der Waals surface area contributed by atoms with Crippen molar-refractivity contribution in [1.82, 2.24) is 4.90 Å². The predicted molar refractivity (Wildman–Crippen MR) is 154 cm³/mol. The van der Waals surface area contributed by atoms with Crippen molar-refractivity contribution in [3.05, 3.63) is 73.2 Å². The topological polar surface area (TPSA) is 76.1 Å². The lowest BCUT2D eigenvalue weighted by molar-refractivity contribution is -0.136. The van der Waals surface area contributed by atoms with Crippen molar-refractivity contribution in [2.45, 2.75) is 12.8 Å². The molecule has 0 radical (unpaired) electrons. The molecule has 1 aromatic heterocycles. The number of ether oxygens (including phenoxy) is 2. The van der Waals surface area contributed by atoms with Gasteiger partial charge in [0.25, 0.3) is 5.91 Å². The summed E-state index contributed by atoms with van der Waals surface area (Å²) in [6, 6.07) is 12.4. The summed E-state index contributed by atoms with van der Waals surface area (Å²) in [5, 5.41) is 12.1. The Labute approximate surface area is 237 Å². The van der Waals surface area contributed by atoms with E-state index in [1.807, 2.05) is 23.6 Å². The first-order valence-electron chi connectivity index (χ1n) is 11.1. The van der Waals surface area contributed by atoms with Crippen molar-refractivity contribution >= 4 is 80.8 Å². The minimum atomic E-state index is -0.925. The van der Waals surface area contributed by atoms with Crippen molar-refractivity contribution in [2.75, 3.05) is 20.3 Å². The number of hydrogen-bond donors (Lipinski definition) is 1. The maximum absolute atomic E-state index is 13.0. The standard InChI is InChI=1S/C26H21Cl2NO5S3/c1-33-21-6-3-15(10-24(30)31)9-22(21)34-8-2-7-29-25(32)23(37-26(29)35)13-18-11-16(14-36-18)19-5-4-17(27)12-20(19)28/h3-6,9,11-14H,2,7-8,10H2,1H3,(H,30,31). The van der Waals surface area contributed by atoms with Crippen LogP contribution in [0.25, 0.3) is 17.2 Å². The van der Waals surface area contributed by atoms with Crippen molar-refractivity contribution in [2.24, 2.45) is 0 Å². The van der Waals surface area contributed by atoms with Crippen LogP contribution in [0, 0.1) is 0 Å². The van der Waals surface area contributed by atoms with Crippen LogP contribution in [0.2, 0.25) is 10.0 Å². The first-order chi connectivity index (χ1) is 17.7. The van der Waals surface area contributed by atoms with E-state index in [9.17, 15) is 9.59 Å². The number of aliphatic carboxylic acids is 1. The van der Waals surface area contributed by atoms with Gasteiger partial charge in [-0.15, -0.1) is 11.3 Å². The molecule has 0 atom stereocenters. The molecule has 0 bridgehead atoms. The van der Waals surface area contributed by atoms with E-state index < -0.39 is 5.97 Å². The van der Waals surface area contributed by atoms with E-state index in [2.05, 4.69) is 0 Å². The van der Waals surface area contributed by atoms with Crippen LogP contribution < -0.4 is 9.47 Å². The van der Waals surface area contributed by atoms with E-state index in [-0.39, 0.29) is 12.3 Å². The maximum Gasteiger partial charge on any atom is 0.307 e. The lowest BCUT2D eigenvalue weighted by Gasteiger charge is -2.16. The molecule has 3 aromatic rings. The summed E-state index contributed by atoms with van der Waals surface area (Å²) in [4.78, 5) is 27.0. The van der Waals surface area contributed by atoms with Gasteiger partial charge in [0.15, 0.2) is 11.5 Å². The Morgan fingerprint density at radius 2 is 1.97 bits per heavy atom. The molecular weight excluding hydrogens is 573 g/mol. The molecule has 0 unspecified atom stereocenters. The number of thiophene rings is 1. The Kier molecular flexibility index (Phi) is 9.15. The third kappa shape index (κ3) is 6.86. The summed E-state index contributed by atoms with van der Waals surface area (Å²) in [6.07, 6.45) is 2.26. The Morgan fingerprint density at radius 3 is 2.70 bits per heavy atom. The molecule has 192 valence electrons. The van der Waals surface area contributed by atoms with Crippen LogP contribution >= 0.6 is 58.5 Å². The molecule has 1 fully saturated rings. The molecule has 1 aliphatic heterocycles. The molecule has 0 spiro atoms. The first kappa shape index (κ1) is 27.5. The van der Waals surface area contributed by atoms with E-state index in [4.69, 9.17) is 50.0 Å². The van der Waals surface area contributed by atoms with Crippen LogP contribution in [0.15, 0.2) is 52.7 Å². The van der Waals surface area contributed by atoms with Gasteiger partial charge in [0.05, 0.1) is 25.0 Å². The SMILES string of the molecule is COc1ccc(CC(=O)O)cc1OCCCN1C(=O)C(=Cc2cc(-c3ccc(Cl)cc3Cl)cs2)SC1=S. The van der Waals surface area contributed by atoms with Gasteiger partial charge in [0.1, 0.15) is 4.32 Å². The molecule has 6 nitrogen and oxygen atoms in total. The van der Waals surface area contributed by atoms with Gasteiger partial charge in [0, 0.05) is 27.0 Å². The van der Waals surface area contributed by atoms with Gasteiger partial charge in [-0.25, -0.2) is 0 Å². The van der Waals surface area contributed by atoms with Crippen molar-refractivity contribution in [3.8, 4) is 22.6 Å². The number of carbonyl (C=O) groups excluding carboxylic acids is 1. The van der Waals surface area contributed by atoms with Gasteiger partial charge in [-0.05, 0) is 59.3 Å². The first-order valence-corrected chi connectivity index (χ1v) is 13.9. The summed E-state index contributed by atoms with van der Waals surface area (Å²) >= 11 is 20.6. The molecule has 2 heterocycles. The van der Waals surface area contributed by atoms with E-state index in [1.165, 1.54) is 30.2 Å². The number of benzene rings is 2. The molecule has 1 amide bonds. The molecule has 4 rings (SSSR count). The van der Waals surface area contributed by atoms with Crippen LogP contribution in [0.5, 0.6) is 11.5 Å².